The number of fused-ring (bicyclic) bond motifs is 1. The van der Waals surface area contributed by atoms with Gasteiger partial charge in [0.25, 0.3) is 0 Å². The van der Waals surface area contributed by atoms with Crippen LogP contribution in [0, 0.1) is 12.7 Å². The van der Waals surface area contributed by atoms with E-state index in [2.05, 4.69) is 28.4 Å². The molecule has 1 fully saturated rings. The number of hydrogen-bond donors (Lipinski definition) is 1. The molecule has 0 bridgehead atoms. The molecule has 0 saturated carbocycles. The maximum Gasteiger partial charge on any atom is 0.246 e. The molecule has 0 radical (unpaired) electrons. The molecule has 0 spiro atoms. The molecule has 1 aliphatic rings. The lowest BCUT2D eigenvalue weighted by Gasteiger charge is -2.35. The second-order valence-electron chi connectivity index (χ2n) is 8.03. The van der Waals surface area contributed by atoms with Crippen LogP contribution in [0.4, 0.5) is 10.2 Å². The number of phenols is 1. The Balaban J connectivity index is 1.84. The summed E-state index contributed by atoms with van der Waals surface area (Å²) in [5, 5.41) is 11.4. The normalized spacial score (nSPS) is 14.1. The molecule has 1 aromatic heterocycles. The van der Waals surface area contributed by atoms with Crippen LogP contribution in [-0.2, 0) is 11.2 Å². The number of phenolic OH excluding ortho intramolecular Hbond substituents is 1. The third-order valence-electron chi connectivity index (χ3n) is 6.06. The molecule has 166 valence electrons. The Morgan fingerprint density at radius 3 is 2.62 bits per heavy atom. The fourth-order valence-electron chi connectivity index (χ4n) is 4.52. The van der Waals surface area contributed by atoms with Crippen molar-refractivity contribution in [1.29, 1.82) is 0 Å². The molecule has 4 rings (SSSR count). The quantitative estimate of drug-likeness (QED) is 0.609. The summed E-state index contributed by atoms with van der Waals surface area (Å²) in [6, 6.07) is 6.40. The Morgan fingerprint density at radius 1 is 1.22 bits per heavy atom. The van der Waals surface area contributed by atoms with Crippen molar-refractivity contribution in [3.05, 3.63) is 60.2 Å². The minimum Gasteiger partial charge on any atom is -0.507 e. The number of aryl methyl sites for hydroxylation is 2. The van der Waals surface area contributed by atoms with Gasteiger partial charge in [-0.2, -0.15) is 0 Å². The Morgan fingerprint density at radius 2 is 1.97 bits per heavy atom. The van der Waals surface area contributed by atoms with Crippen LogP contribution in [0.15, 0.2) is 43.2 Å². The van der Waals surface area contributed by atoms with Crippen molar-refractivity contribution in [2.24, 2.45) is 0 Å². The number of anilines is 1. The first-order valence-electron chi connectivity index (χ1n) is 10.9. The molecule has 3 aromatic rings. The van der Waals surface area contributed by atoms with Crippen molar-refractivity contribution >= 4 is 22.6 Å². The summed E-state index contributed by atoms with van der Waals surface area (Å²) >= 11 is 0. The number of carbonyl (C=O) groups is 1. The van der Waals surface area contributed by atoms with Gasteiger partial charge >= 0.3 is 0 Å². The van der Waals surface area contributed by atoms with E-state index in [9.17, 15) is 14.3 Å². The second kappa shape index (κ2) is 8.94. The first-order valence-corrected chi connectivity index (χ1v) is 10.9. The Hall–Kier alpha value is -3.48. The lowest BCUT2D eigenvalue weighted by atomic mass is 9.89. The molecule has 7 heteroatoms. The standard InChI is InChI=1S/C25H27FN4O2/c1-4-7-17-14-18-24(16(3)22(17)23-19(26)8-6-9-20(23)31)27-15-28-25(18)30-12-10-29(11-13-30)21(32)5-2/h5-6,8-9,14-15,31H,2,4,7,10-13H2,1,3H3. The van der Waals surface area contributed by atoms with Crippen molar-refractivity contribution < 1.29 is 14.3 Å². The maximum atomic E-state index is 14.8. The van der Waals surface area contributed by atoms with Gasteiger partial charge in [0.15, 0.2) is 0 Å². The number of benzene rings is 2. The van der Waals surface area contributed by atoms with Crippen LogP contribution in [0.1, 0.15) is 24.5 Å². The zero-order chi connectivity index (χ0) is 22.8. The van der Waals surface area contributed by atoms with Crippen molar-refractivity contribution in [3.63, 3.8) is 0 Å². The molecule has 32 heavy (non-hydrogen) atoms. The molecule has 0 aliphatic carbocycles. The van der Waals surface area contributed by atoms with Gasteiger partial charge in [0.1, 0.15) is 23.7 Å². The highest BCUT2D eigenvalue weighted by Crippen LogP contribution is 2.41. The van der Waals surface area contributed by atoms with Crippen LogP contribution in [0.2, 0.25) is 0 Å². The van der Waals surface area contributed by atoms with Gasteiger partial charge in [0.05, 0.1) is 11.1 Å². The van der Waals surface area contributed by atoms with Crippen LogP contribution >= 0.6 is 0 Å². The van der Waals surface area contributed by atoms with Gasteiger partial charge in [-0.1, -0.05) is 26.0 Å². The number of aromatic nitrogens is 2. The van der Waals surface area contributed by atoms with E-state index in [4.69, 9.17) is 0 Å². The summed E-state index contributed by atoms with van der Waals surface area (Å²) in [6.07, 6.45) is 4.47. The van der Waals surface area contributed by atoms with Gasteiger partial charge in [-0.3, -0.25) is 4.79 Å². The number of hydrogen-bond acceptors (Lipinski definition) is 5. The third-order valence-corrected chi connectivity index (χ3v) is 6.06. The highest BCUT2D eigenvalue weighted by atomic mass is 19.1. The van der Waals surface area contributed by atoms with Gasteiger partial charge < -0.3 is 14.9 Å². The first-order chi connectivity index (χ1) is 15.5. The van der Waals surface area contributed by atoms with Crippen LogP contribution in [0.5, 0.6) is 5.75 Å². The van der Waals surface area contributed by atoms with Gasteiger partial charge in [-0.15, -0.1) is 0 Å². The number of amides is 1. The SMILES string of the molecule is C=CC(=O)N1CCN(c2ncnc3c(C)c(-c4c(O)cccc4F)c(CCC)cc23)CC1. The molecule has 2 aromatic carbocycles. The lowest BCUT2D eigenvalue weighted by molar-refractivity contribution is -0.126. The lowest BCUT2D eigenvalue weighted by Crippen LogP contribution is -2.48. The molecule has 2 heterocycles. The molecular weight excluding hydrogens is 407 g/mol. The van der Waals surface area contributed by atoms with Crippen LogP contribution < -0.4 is 4.90 Å². The van der Waals surface area contributed by atoms with E-state index in [1.165, 1.54) is 30.6 Å². The van der Waals surface area contributed by atoms with Crippen molar-refractivity contribution in [2.45, 2.75) is 26.7 Å². The third kappa shape index (κ3) is 3.79. The summed E-state index contributed by atoms with van der Waals surface area (Å²) in [6.45, 7) is 10.1. The predicted molar refractivity (Wildman–Crippen MR) is 124 cm³/mol. The summed E-state index contributed by atoms with van der Waals surface area (Å²) in [5.74, 6) is 0.210. The summed E-state index contributed by atoms with van der Waals surface area (Å²) in [7, 11) is 0. The first kappa shape index (κ1) is 21.7. The maximum absolute atomic E-state index is 14.8. The number of piperazine rings is 1. The average molecular weight is 435 g/mol. The highest BCUT2D eigenvalue weighted by molar-refractivity contribution is 5.97. The van der Waals surface area contributed by atoms with Crippen LogP contribution in [-0.4, -0.2) is 52.1 Å². The van der Waals surface area contributed by atoms with E-state index in [1.54, 1.807) is 4.90 Å². The predicted octanol–water partition coefficient (Wildman–Crippen LogP) is 4.24. The molecular formula is C25H27FN4O2. The average Bonchev–Trinajstić information content (AvgIpc) is 2.80. The zero-order valence-corrected chi connectivity index (χ0v) is 18.4. The Kier molecular flexibility index (Phi) is 6.08. The van der Waals surface area contributed by atoms with E-state index in [-0.39, 0.29) is 17.2 Å². The molecule has 6 nitrogen and oxygen atoms in total. The smallest absolute Gasteiger partial charge is 0.246 e. The highest BCUT2D eigenvalue weighted by Gasteiger charge is 2.24. The summed E-state index contributed by atoms with van der Waals surface area (Å²) in [4.78, 5) is 24.9. The molecule has 1 aliphatic heterocycles. The number of carbonyl (C=O) groups excluding carboxylic acids is 1. The molecule has 1 N–H and O–H groups in total. The van der Waals surface area contributed by atoms with E-state index in [0.29, 0.717) is 31.7 Å². The van der Waals surface area contributed by atoms with E-state index < -0.39 is 5.82 Å². The van der Waals surface area contributed by atoms with Crippen LogP contribution in [0.25, 0.3) is 22.0 Å². The minimum absolute atomic E-state index is 0.0624. The zero-order valence-electron chi connectivity index (χ0n) is 18.4. The minimum atomic E-state index is -0.456. The molecule has 0 atom stereocenters. The number of rotatable bonds is 5. The van der Waals surface area contributed by atoms with Crippen molar-refractivity contribution in [3.8, 4) is 16.9 Å². The van der Waals surface area contributed by atoms with E-state index in [1.807, 2.05) is 13.0 Å². The van der Waals surface area contributed by atoms with Gasteiger partial charge in [-0.05, 0) is 54.3 Å². The number of nitrogens with zero attached hydrogens (tertiary/aromatic N) is 4. The van der Waals surface area contributed by atoms with Crippen molar-refractivity contribution in [1.82, 2.24) is 14.9 Å². The molecule has 1 saturated heterocycles. The monoisotopic (exact) mass is 434 g/mol. The Labute approximate surface area is 187 Å². The molecule has 0 unspecified atom stereocenters. The van der Waals surface area contributed by atoms with Crippen LogP contribution in [0.3, 0.4) is 0 Å². The fourth-order valence-corrected chi connectivity index (χ4v) is 4.52. The van der Waals surface area contributed by atoms with Crippen molar-refractivity contribution in [2.75, 3.05) is 31.1 Å². The number of aromatic hydroxyl groups is 1. The molecule has 1 amide bonds. The largest absolute Gasteiger partial charge is 0.507 e. The fraction of sp³-hybridized carbons (Fsp3) is 0.320. The second-order valence-corrected chi connectivity index (χ2v) is 8.03. The summed E-state index contributed by atoms with van der Waals surface area (Å²) in [5.41, 5.74) is 3.41. The summed E-state index contributed by atoms with van der Waals surface area (Å²) < 4.78 is 14.8. The Bertz CT molecular complexity index is 1170. The van der Waals surface area contributed by atoms with E-state index >= 15 is 0 Å². The van der Waals surface area contributed by atoms with E-state index in [0.717, 1.165) is 40.7 Å². The van der Waals surface area contributed by atoms with Gasteiger partial charge in [-0.25, -0.2) is 14.4 Å². The van der Waals surface area contributed by atoms with Gasteiger partial charge in [0, 0.05) is 31.6 Å². The topological polar surface area (TPSA) is 69.6 Å². The number of halogens is 1. The van der Waals surface area contributed by atoms with Gasteiger partial charge in [0.2, 0.25) is 5.91 Å².